The molecular formula is C33H38N2O3. The van der Waals surface area contributed by atoms with Gasteiger partial charge in [0, 0.05) is 13.0 Å². The first kappa shape index (κ1) is 25.0. The first-order valence-electron chi connectivity index (χ1n) is 14.2. The van der Waals surface area contributed by atoms with Gasteiger partial charge in [-0.3, -0.25) is 4.79 Å². The number of fused-ring (bicyclic) bond motifs is 1. The molecule has 5 nitrogen and oxygen atoms in total. The highest BCUT2D eigenvalue weighted by molar-refractivity contribution is 5.90. The maximum atomic E-state index is 13.6. The number of hydrogen-bond acceptors (Lipinski definition) is 3. The van der Waals surface area contributed by atoms with Crippen LogP contribution in [0.1, 0.15) is 50.2 Å². The van der Waals surface area contributed by atoms with Crippen LogP contribution in [0.15, 0.2) is 72.8 Å². The lowest BCUT2D eigenvalue weighted by Gasteiger charge is -2.53. The summed E-state index contributed by atoms with van der Waals surface area (Å²) in [6.45, 7) is 2.32. The third-order valence-electron chi connectivity index (χ3n) is 9.18. The number of amides is 2. The summed E-state index contributed by atoms with van der Waals surface area (Å²) in [4.78, 5) is 27.0. The molecule has 0 spiro atoms. The molecule has 2 N–H and O–H groups in total. The maximum absolute atomic E-state index is 13.6. The molecule has 4 saturated carbocycles. The van der Waals surface area contributed by atoms with E-state index in [4.69, 9.17) is 4.74 Å². The Morgan fingerprint density at radius 3 is 2.18 bits per heavy atom. The SMILES string of the molecule is CC(Cc1ccc2ccccc2c1)(NC(=O)OC1C2CC3CC(C2)CC1C3)C(=O)NCCc1ccccc1. The summed E-state index contributed by atoms with van der Waals surface area (Å²) in [5.41, 5.74) is 1.03. The van der Waals surface area contributed by atoms with Gasteiger partial charge in [-0.2, -0.15) is 0 Å². The summed E-state index contributed by atoms with van der Waals surface area (Å²) in [6.07, 6.45) is 6.70. The van der Waals surface area contributed by atoms with Crippen LogP contribution >= 0.6 is 0 Å². The minimum absolute atomic E-state index is 0.0196. The van der Waals surface area contributed by atoms with Gasteiger partial charge in [-0.1, -0.05) is 72.8 Å². The Balaban J connectivity index is 1.17. The van der Waals surface area contributed by atoms with Crippen molar-refractivity contribution in [2.75, 3.05) is 6.54 Å². The predicted molar refractivity (Wildman–Crippen MR) is 150 cm³/mol. The fourth-order valence-electron chi connectivity index (χ4n) is 7.54. The minimum atomic E-state index is -1.14. The fraction of sp³-hybridized carbons (Fsp3) is 0.455. The fourth-order valence-corrected chi connectivity index (χ4v) is 7.54. The Kier molecular flexibility index (Phi) is 6.86. The molecule has 2 amide bonds. The number of carbonyl (C=O) groups is 2. The third-order valence-corrected chi connectivity index (χ3v) is 9.18. The van der Waals surface area contributed by atoms with Crippen LogP contribution in [0.4, 0.5) is 4.79 Å². The molecule has 0 radical (unpaired) electrons. The van der Waals surface area contributed by atoms with E-state index in [1.165, 1.54) is 37.7 Å². The van der Waals surface area contributed by atoms with Crippen LogP contribution in [-0.4, -0.2) is 30.2 Å². The summed E-state index contributed by atoms with van der Waals surface area (Å²) < 4.78 is 6.12. The molecule has 0 aliphatic heterocycles. The van der Waals surface area contributed by atoms with Gasteiger partial charge < -0.3 is 15.4 Å². The Morgan fingerprint density at radius 1 is 0.816 bits per heavy atom. The van der Waals surface area contributed by atoms with Crippen molar-refractivity contribution >= 4 is 22.8 Å². The largest absolute Gasteiger partial charge is 0.446 e. The van der Waals surface area contributed by atoms with Gasteiger partial charge in [0.15, 0.2) is 0 Å². The lowest BCUT2D eigenvalue weighted by molar-refractivity contribution is -0.127. The zero-order valence-corrected chi connectivity index (χ0v) is 22.2. The van der Waals surface area contributed by atoms with Crippen LogP contribution in [0.3, 0.4) is 0 Å². The van der Waals surface area contributed by atoms with E-state index in [-0.39, 0.29) is 12.0 Å². The average Bonchev–Trinajstić information content (AvgIpc) is 2.91. The monoisotopic (exact) mass is 510 g/mol. The van der Waals surface area contributed by atoms with Crippen LogP contribution in [-0.2, 0) is 22.4 Å². The topological polar surface area (TPSA) is 67.4 Å². The molecule has 0 aromatic heterocycles. The number of nitrogens with one attached hydrogen (secondary N) is 2. The smallest absolute Gasteiger partial charge is 0.408 e. The molecule has 198 valence electrons. The highest BCUT2D eigenvalue weighted by Gasteiger charge is 2.50. The molecule has 0 heterocycles. The normalized spacial score (nSPS) is 27.0. The summed E-state index contributed by atoms with van der Waals surface area (Å²) in [6, 6.07) is 24.5. The van der Waals surface area contributed by atoms with Crippen LogP contribution < -0.4 is 10.6 Å². The third kappa shape index (κ3) is 5.29. The second kappa shape index (κ2) is 10.4. The van der Waals surface area contributed by atoms with E-state index in [1.807, 2.05) is 43.3 Å². The zero-order chi connectivity index (χ0) is 26.1. The van der Waals surface area contributed by atoms with Gasteiger partial charge in [-0.25, -0.2) is 4.79 Å². The molecule has 38 heavy (non-hydrogen) atoms. The quantitative estimate of drug-likeness (QED) is 0.388. The Labute approximate surface area is 225 Å². The van der Waals surface area contributed by atoms with Crippen LogP contribution in [0.2, 0.25) is 0 Å². The van der Waals surface area contributed by atoms with Crippen molar-refractivity contribution in [3.05, 3.63) is 83.9 Å². The van der Waals surface area contributed by atoms with Gasteiger partial charge in [-0.15, -0.1) is 0 Å². The Hall–Kier alpha value is -3.34. The van der Waals surface area contributed by atoms with Gasteiger partial charge in [0.05, 0.1) is 0 Å². The van der Waals surface area contributed by atoms with E-state index in [0.717, 1.165) is 34.6 Å². The first-order valence-corrected chi connectivity index (χ1v) is 14.2. The van der Waals surface area contributed by atoms with Crippen molar-refractivity contribution in [2.24, 2.45) is 23.7 Å². The maximum Gasteiger partial charge on any atom is 0.408 e. The van der Waals surface area contributed by atoms with Crippen LogP contribution in [0.25, 0.3) is 10.8 Å². The molecule has 0 saturated heterocycles. The second-order valence-electron chi connectivity index (χ2n) is 12.1. The van der Waals surface area contributed by atoms with Crippen molar-refractivity contribution in [1.82, 2.24) is 10.6 Å². The summed E-state index contributed by atoms with van der Waals surface area (Å²) in [5, 5.41) is 8.38. The van der Waals surface area contributed by atoms with Crippen LogP contribution in [0.5, 0.6) is 0 Å². The lowest BCUT2D eigenvalue weighted by Crippen LogP contribution is -2.60. The van der Waals surface area contributed by atoms with E-state index in [2.05, 4.69) is 47.0 Å². The van der Waals surface area contributed by atoms with Gasteiger partial charge in [0.25, 0.3) is 0 Å². The van der Waals surface area contributed by atoms with Gasteiger partial charge in [0.2, 0.25) is 5.91 Å². The summed E-state index contributed by atoms with van der Waals surface area (Å²) in [7, 11) is 0. The summed E-state index contributed by atoms with van der Waals surface area (Å²) in [5.74, 6) is 2.39. The predicted octanol–water partition coefficient (Wildman–Crippen LogP) is 6.05. The van der Waals surface area contributed by atoms with Crippen molar-refractivity contribution in [1.29, 1.82) is 0 Å². The van der Waals surface area contributed by atoms with E-state index in [9.17, 15) is 9.59 Å². The van der Waals surface area contributed by atoms with Crippen LogP contribution in [0, 0.1) is 23.7 Å². The van der Waals surface area contributed by atoms with Gasteiger partial charge >= 0.3 is 6.09 Å². The van der Waals surface area contributed by atoms with E-state index >= 15 is 0 Å². The number of alkyl carbamates (subject to hydrolysis) is 1. The molecular weight excluding hydrogens is 472 g/mol. The van der Waals surface area contributed by atoms with E-state index < -0.39 is 11.6 Å². The van der Waals surface area contributed by atoms with E-state index in [1.54, 1.807) is 0 Å². The van der Waals surface area contributed by atoms with Crippen molar-refractivity contribution < 1.29 is 14.3 Å². The number of hydrogen-bond donors (Lipinski definition) is 2. The number of ether oxygens (including phenoxy) is 1. The number of rotatable bonds is 8. The minimum Gasteiger partial charge on any atom is -0.446 e. The van der Waals surface area contributed by atoms with E-state index in [0.29, 0.717) is 24.8 Å². The molecule has 5 heteroatoms. The molecule has 4 fully saturated rings. The molecule has 4 aliphatic carbocycles. The molecule has 1 atom stereocenters. The number of benzene rings is 3. The molecule has 4 bridgehead atoms. The Morgan fingerprint density at radius 2 is 1.47 bits per heavy atom. The highest BCUT2D eigenvalue weighted by atomic mass is 16.6. The van der Waals surface area contributed by atoms with Crippen molar-refractivity contribution in [3.63, 3.8) is 0 Å². The molecule has 7 rings (SSSR count). The highest BCUT2D eigenvalue weighted by Crippen LogP contribution is 2.54. The average molecular weight is 511 g/mol. The zero-order valence-electron chi connectivity index (χ0n) is 22.2. The first-order chi connectivity index (χ1) is 18.4. The van der Waals surface area contributed by atoms with Gasteiger partial charge in [-0.05, 0) is 91.0 Å². The van der Waals surface area contributed by atoms with Crippen molar-refractivity contribution in [2.45, 2.75) is 63.5 Å². The number of carbonyl (C=O) groups excluding carboxylic acids is 2. The second-order valence-corrected chi connectivity index (χ2v) is 12.1. The summed E-state index contributed by atoms with van der Waals surface area (Å²) >= 11 is 0. The molecule has 1 unspecified atom stereocenters. The molecule has 3 aromatic carbocycles. The molecule has 4 aliphatic rings. The molecule has 3 aromatic rings. The Bertz CT molecular complexity index is 1280. The van der Waals surface area contributed by atoms with Gasteiger partial charge in [0.1, 0.15) is 11.6 Å². The standard InChI is InChI=1S/C33H38N2O3/c1-33(31(36)34-14-13-22-7-3-2-4-8-22,21-23-11-12-26-9-5-6-10-27(26)16-23)35-32(37)38-30-28-17-24-15-25(19-28)20-29(30)18-24/h2-12,16,24-25,28-30H,13-15,17-21H2,1H3,(H,34,36)(H,35,37). The lowest BCUT2D eigenvalue weighted by atomic mass is 9.55. The van der Waals surface area contributed by atoms with Crippen molar-refractivity contribution in [3.8, 4) is 0 Å².